The average molecular weight is 245 g/mol. The third-order valence-corrected chi connectivity index (χ3v) is 2.28. The van der Waals surface area contributed by atoms with E-state index in [9.17, 15) is 4.79 Å². The maximum atomic E-state index is 12.0. The normalized spacial score (nSPS) is 10.4. The zero-order valence-electron chi connectivity index (χ0n) is 11.1. The minimum Gasteiger partial charge on any atom is -0.489 e. The van der Waals surface area contributed by atoms with Crippen molar-refractivity contribution in [3.8, 4) is 5.75 Å². The number of aryl methyl sites for hydroxylation is 1. The summed E-state index contributed by atoms with van der Waals surface area (Å²) in [6, 6.07) is 5.55. The van der Waals surface area contributed by atoms with E-state index in [-0.39, 0.29) is 5.78 Å². The highest BCUT2D eigenvalue weighted by Gasteiger charge is 2.10. The monoisotopic (exact) mass is 245 g/mol. The Bertz CT molecular complexity index is 462. The molecule has 1 aromatic rings. The summed E-state index contributed by atoms with van der Waals surface area (Å²) < 4.78 is 5.51. The molecule has 18 heavy (non-hydrogen) atoms. The molecule has 0 N–H and O–H groups in total. The van der Waals surface area contributed by atoms with Gasteiger partial charge in [0.2, 0.25) is 0 Å². The van der Waals surface area contributed by atoms with Gasteiger partial charge in [0.25, 0.3) is 0 Å². The number of carbonyl (C=O) groups excluding carboxylic acids is 1. The van der Waals surface area contributed by atoms with Crippen molar-refractivity contribution in [3.05, 3.63) is 54.3 Å². The van der Waals surface area contributed by atoms with Gasteiger partial charge in [-0.05, 0) is 24.6 Å². The van der Waals surface area contributed by atoms with Crippen LogP contribution in [0.2, 0.25) is 0 Å². The molecule has 3 heteroatoms. The Morgan fingerprint density at radius 1 is 1.44 bits per heavy atom. The second kappa shape index (κ2) is 6.64. The third kappa shape index (κ3) is 4.09. The molecular formula is C15H19NO2. The van der Waals surface area contributed by atoms with Crippen LogP contribution in [0.25, 0.3) is 0 Å². The predicted octanol–water partition coefficient (Wildman–Crippen LogP) is 2.82. The maximum absolute atomic E-state index is 12.0. The highest BCUT2D eigenvalue weighted by Crippen LogP contribution is 2.21. The fraction of sp³-hybridized carbons (Fsp3) is 0.267. The van der Waals surface area contributed by atoms with E-state index in [1.54, 1.807) is 18.3 Å². The van der Waals surface area contributed by atoms with E-state index in [0.717, 1.165) is 5.56 Å². The van der Waals surface area contributed by atoms with Crippen molar-refractivity contribution in [2.45, 2.75) is 6.92 Å². The summed E-state index contributed by atoms with van der Waals surface area (Å²) in [5.74, 6) is 0.533. The van der Waals surface area contributed by atoms with E-state index in [4.69, 9.17) is 4.74 Å². The molecule has 0 aliphatic rings. The summed E-state index contributed by atoms with van der Waals surface area (Å²) in [5, 5.41) is 0. The molecule has 0 bridgehead atoms. The van der Waals surface area contributed by atoms with E-state index in [2.05, 4.69) is 6.58 Å². The minimum atomic E-state index is -0.0669. The van der Waals surface area contributed by atoms with Crippen molar-refractivity contribution in [1.29, 1.82) is 0 Å². The molecular weight excluding hydrogens is 226 g/mol. The summed E-state index contributed by atoms with van der Waals surface area (Å²) in [5.41, 5.74) is 1.63. The Balaban J connectivity index is 2.99. The highest BCUT2D eigenvalue weighted by molar-refractivity contribution is 6.06. The van der Waals surface area contributed by atoms with Crippen molar-refractivity contribution < 1.29 is 9.53 Å². The first-order valence-corrected chi connectivity index (χ1v) is 5.78. The number of allylic oxidation sites excluding steroid dienone is 1. The van der Waals surface area contributed by atoms with E-state index < -0.39 is 0 Å². The van der Waals surface area contributed by atoms with Crippen molar-refractivity contribution in [2.75, 3.05) is 20.7 Å². The first-order valence-electron chi connectivity index (χ1n) is 5.78. The summed E-state index contributed by atoms with van der Waals surface area (Å²) in [6.07, 6.45) is 4.91. The second-order valence-corrected chi connectivity index (χ2v) is 4.24. The molecule has 0 aromatic heterocycles. The van der Waals surface area contributed by atoms with Crippen LogP contribution in [0.3, 0.4) is 0 Å². The topological polar surface area (TPSA) is 29.5 Å². The lowest BCUT2D eigenvalue weighted by Crippen LogP contribution is -2.05. The van der Waals surface area contributed by atoms with Crippen LogP contribution in [0.5, 0.6) is 5.75 Å². The quantitative estimate of drug-likeness (QED) is 0.438. The second-order valence-electron chi connectivity index (χ2n) is 4.24. The van der Waals surface area contributed by atoms with Gasteiger partial charge in [-0.3, -0.25) is 4.79 Å². The molecule has 0 unspecified atom stereocenters. The van der Waals surface area contributed by atoms with Crippen molar-refractivity contribution >= 4 is 5.78 Å². The zero-order valence-corrected chi connectivity index (χ0v) is 11.1. The van der Waals surface area contributed by atoms with E-state index >= 15 is 0 Å². The smallest absolute Gasteiger partial charge is 0.191 e. The third-order valence-electron chi connectivity index (χ3n) is 2.28. The summed E-state index contributed by atoms with van der Waals surface area (Å²) >= 11 is 0. The van der Waals surface area contributed by atoms with E-state index in [1.165, 1.54) is 6.08 Å². The molecule has 0 saturated carbocycles. The lowest BCUT2D eigenvalue weighted by Gasteiger charge is -2.09. The molecule has 0 amide bonds. The standard InChI is InChI=1S/C15H19NO2/c1-5-10-18-15-11-12(2)6-7-13(15)14(17)8-9-16(3)4/h5-9,11H,1,10H2,2-4H3. The van der Waals surface area contributed by atoms with Gasteiger partial charge in [0.15, 0.2) is 5.78 Å². The molecule has 96 valence electrons. The van der Waals surface area contributed by atoms with Crippen LogP contribution in [0.4, 0.5) is 0 Å². The average Bonchev–Trinajstić information content (AvgIpc) is 2.33. The molecule has 0 radical (unpaired) electrons. The lowest BCUT2D eigenvalue weighted by molar-refractivity contribution is 0.104. The number of hydrogen-bond donors (Lipinski definition) is 0. The van der Waals surface area contributed by atoms with Gasteiger partial charge >= 0.3 is 0 Å². The van der Waals surface area contributed by atoms with Crippen LogP contribution < -0.4 is 4.74 Å². The van der Waals surface area contributed by atoms with Crippen LogP contribution in [0.1, 0.15) is 15.9 Å². The van der Waals surface area contributed by atoms with Crippen LogP contribution in [0.15, 0.2) is 43.1 Å². The first kappa shape index (κ1) is 14.0. The van der Waals surface area contributed by atoms with Gasteiger partial charge in [-0.15, -0.1) is 0 Å². The summed E-state index contributed by atoms with van der Waals surface area (Å²) in [7, 11) is 3.74. The van der Waals surface area contributed by atoms with Crippen molar-refractivity contribution in [1.82, 2.24) is 4.90 Å². The SMILES string of the molecule is C=CCOc1cc(C)ccc1C(=O)C=CN(C)C. The number of hydrogen-bond acceptors (Lipinski definition) is 3. The Morgan fingerprint density at radius 3 is 2.78 bits per heavy atom. The molecule has 0 spiro atoms. The molecule has 1 rings (SSSR count). The van der Waals surface area contributed by atoms with E-state index in [1.807, 2.05) is 38.1 Å². The largest absolute Gasteiger partial charge is 0.489 e. The van der Waals surface area contributed by atoms with Gasteiger partial charge in [0.1, 0.15) is 12.4 Å². The Hall–Kier alpha value is -2.03. The number of benzene rings is 1. The molecule has 0 saturated heterocycles. The van der Waals surface area contributed by atoms with Crippen LogP contribution >= 0.6 is 0 Å². The molecule has 0 aliphatic carbocycles. The van der Waals surface area contributed by atoms with Gasteiger partial charge in [-0.25, -0.2) is 0 Å². The van der Waals surface area contributed by atoms with Gasteiger partial charge in [0, 0.05) is 26.4 Å². The van der Waals surface area contributed by atoms with E-state index in [0.29, 0.717) is 17.9 Å². The number of ether oxygens (including phenoxy) is 1. The van der Waals surface area contributed by atoms with Gasteiger partial charge in [-0.2, -0.15) is 0 Å². The van der Waals surface area contributed by atoms with Crippen molar-refractivity contribution in [2.24, 2.45) is 0 Å². The highest BCUT2D eigenvalue weighted by atomic mass is 16.5. The Kier molecular flexibility index (Phi) is 5.18. The van der Waals surface area contributed by atoms with Gasteiger partial charge in [0.05, 0.1) is 5.56 Å². The summed E-state index contributed by atoms with van der Waals surface area (Å²) in [6.45, 7) is 5.95. The van der Waals surface area contributed by atoms with Crippen molar-refractivity contribution in [3.63, 3.8) is 0 Å². The molecule has 0 fully saturated rings. The van der Waals surface area contributed by atoms with Gasteiger partial charge in [-0.1, -0.05) is 18.7 Å². The predicted molar refractivity (Wildman–Crippen MR) is 74.0 cm³/mol. The first-order chi connectivity index (χ1) is 8.54. The Labute approximate surface area is 108 Å². The fourth-order valence-corrected chi connectivity index (χ4v) is 1.41. The molecule has 1 aromatic carbocycles. The summed E-state index contributed by atoms with van der Waals surface area (Å²) in [4.78, 5) is 13.8. The number of nitrogens with zero attached hydrogens (tertiary/aromatic N) is 1. The zero-order chi connectivity index (χ0) is 13.5. The fourth-order valence-electron chi connectivity index (χ4n) is 1.41. The molecule has 0 heterocycles. The van der Waals surface area contributed by atoms with Crippen LogP contribution in [0, 0.1) is 6.92 Å². The lowest BCUT2D eigenvalue weighted by atomic mass is 10.1. The molecule has 3 nitrogen and oxygen atoms in total. The number of carbonyl (C=O) groups is 1. The molecule has 0 atom stereocenters. The van der Waals surface area contributed by atoms with Gasteiger partial charge < -0.3 is 9.64 Å². The number of rotatable bonds is 6. The van der Waals surface area contributed by atoms with Crippen LogP contribution in [-0.2, 0) is 0 Å². The number of ketones is 1. The Morgan fingerprint density at radius 2 is 2.17 bits per heavy atom. The minimum absolute atomic E-state index is 0.0669. The molecule has 0 aliphatic heterocycles. The van der Waals surface area contributed by atoms with Crippen LogP contribution in [-0.4, -0.2) is 31.4 Å². The maximum Gasteiger partial charge on any atom is 0.191 e.